The average Bonchev–Trinajstić information content (AvgIpc) is 2.88. The quantitative estimate of drug-likeness (QED) is 0.412. The number of ether oxygens (including phenoxy) is 1. The van der Waals surface area contributed by atoms with E-state index >= 15 is 0 Å². The van der Waals surface area contributed by atoms with Gasteiger partial charge >= 0.3 is 0 Å². The minimum atomic E-state index is 0.910. The van der Waals surface area contributed by atoms with Crippen molar-refractivity contribution < 1.29 is 4.74 Å². The van der Waals surface area contributed by atoms with Gasteiger partial charge in [0.2, 0.25) is 0 Å². The normalized spacial score (nSPS) is 11.2. The predicted octanol–water partition coefficient (Wildman–Crippen LogP) is 5.40. The van der Waals surface area contributed by atoms with E-state index in [1.165, 1.54) is 21.8 Å². The SMILES string of the molecule is COc1cc2c(cc1I)c1ccccc1n2-c1ccccc1. The number of para-hydroxylation sites is 2. The Kier molecular flexibility index (Phi) is 3.30. The number of rotatable bonds is 2. The third-order valence-electron chi connectivity index (χ3n) is 3.96. The number of benzene rings is 3. The molecule has 1 aromatic heterocycles. The van der Waals surface area contributed by atoms with Gasteiger partial charge in [0, 0.05) is 22.5 Å². The van der Waals surface area contributed by atoms with Crippen LogP contribution < -0.4 is 4.74 Å². The Hall–Kier alpha value is -2.01. The van der Waals surface area contributed by atoms with Crippen molar-refractivity contribution in [2.45, 2.75) is 0 Å². The molecule has 0 saturated carbocycles. The summed E-state index contributed by atoms with van der Waals surface area (Å²) in [4.78, 5) is 0. The number of fused-ring (bicyclic) bond motifs is 3. The Morgan fingerprint density at radius 3 is 2.32 bits per heavy atom. The van der Waals surface area contributed by atoms with Crippen LogP contribution in [0.4, 0.5) is 0 Å². The van der Waals surface area contributed by atoms with Gasteiger partial charge in [0.15, 0.2) is 0 Å². The van der Waals surface area contributed by atoms with Gasteiger partial charge in [0.1, 0.15) is 5.75 Å². The molecule has 1 heterocycles. The number of hydrogen-bond acceptors (Lipinski definition) is 1. The molecule has 0 radical (unpaired) electrons. The maximum absolute atomic E-state index is 5.52. The van der Waals surface area contributed by atoms with Crippen molar-refractivity contribution in [1.29, 1.82) is 0 Å². The van der Waals surface area contributed by atoms with Crippen LogP contribution in [0, 0.1) is 3.57 Å². The van der Waals surface area contributed by atoms with Gasteiger partial charge in [0.25, 0.3) is 0 Å². The average molecular weight is 399 g/mol. The first-order valence-electron chi connectivity index (χ1n) is 7.11. The van der Waals surface area contributed by atoms with Gasteiger partial charge in [-0.25, -0.2) is 0 Å². The minimum absolute atomic E-state index is 0.910. The van der Waals surface area contributed by atoms with Crippen LogP contribution in [0.15, 0.2) is 66.7 Å². The second-order valence-corrected chi connectivity index (χ2v) is 6.35. The largest absolute Gasteiger partial charge is 0.496 e. The molecule has 0 fully saturated rings. The van der Waals surface area contributed by atoms with Crippen LogP contribution in [-0.2, 0) is 0 Å². The standard InChI is InChI=1S/C19H14INO/c1-22-19-12-18-15(11-16(19)20)14-9-5-6-10-17(14)21(18)13-7-3-2-4-8-13/h2-12H,1H3. The first kappa shape index (κ1) is 13.6. The number of halogens is 1. The van der Waals surface area contributed by atoms with E-state index in [4.69, 9.17) is 4.74 Å². The molecular weight excluding hydrogens is 385 g/mol. The summed E-state index contributed by atoms with van der Waals surface area (Å²) in [6, 6.07) is 23.3. The molecule has 0 aliphatic heterocycles. The highest BCUT2D eigenvalue weighted by Crippen LogP contribution is 2.36. The molecule has 108 valence electrons. The van der Waals surface area contributed by atoms with Crippen LogP contribution in [-0.4, -0.2) is 11.7 Å². The molecule has 0 N–H and O–H groups in total. The second-order valence-electron chi connectivity index (χ2n) is 5.19. The zero-order chi connectivity index (χ0) is 15.1. The van der Waals surface area contributed by atoms with E-state index in [9.17, 15) is 0 Å². The zero-order valence-electron chi connectivity index (χ0n) is 12.1. The van der Waals surface area contributed by atoms with E-state index in [0.29, 0.717) is 0 Å². The van der Waals surface area contributed by atoms with Gasteiger partial charge in [-0.2, -0.15) is 0 Å². The van der Waals surface area contributed by atoms with Crippen LogP contribution in [0.1, 0.15) is 0 Å². The molecule has 0 saturated heterocycles. The molecule has 0 aliphatic rings. The summed E-state index contributed by atoms with van der Waals surface area (Å²) in [5, 5.41) is 2.52. The molecule has 0 atom stereocenters. The van der Waals surface area contributed by atoms with Crippen LogP contribution >= 0.6 is 22.6 Å². The summed E-state index contributed by atoms with van der Waals surface area (Å²) >= 11 is 2.33. The molecule has 4 aromatic rings. The maximum Gasteiger partial charge on any atom is 0.134 e. The van der Waals surface area contributed by atoms with Crippen molar-refractivity contribution in [2.24, 2.45) is 0 Å². The van der Waals surface area contributed by atoms with E-state index in [2.05, 4.69) is 87.8 Å². The van der Waals surface area contributed by atoms with Gasteiger partial charge in [-0.3, -0.25) is 0 Å². The zero-order valence-corrected chi connectivity index (χ0v) is 14.2. The highest BCUT2D eigenvalue weighted by atomic mass is 127. The Labute approximate surface area is 142 Å². The summed E-state index contributed by atoms with van der Waals surface area (Å²) in [6.07, 6.45) is 0. The molecule has 0 aliphatic carbocycles. The fraction of sp³-hybridized carbons (Fsp3) is 0.0526. The van der Waals surface area contributed by atoms with Gasteiger partial charge in [-0.15, -0.1) is 0 Å². The third kappa shape index (κ3) is 2.00. The fourth-order valence-corrected chi connectivity index (χ4v) is 3.67. The van der Waals surface area contributed by atoms with Crippen molar-refractivity contribution in [3.63, 3.8) is 0 Å². The van der Waals surface area contributed by atoms with Crippen LogP contribution in [0.2, 0.25) is 0 Å². The van der Waals surface area contributed by atoms with E-state index in [1.807, 2.05) is 6.07 Å². The van der Waals surface area contributed by atoms with Crippen molar-refractivity contribution in [3.8, 4) is 11.4 Å². The summed E-state index contributed by atoms with van der Waals surface area (Å²) in [5.41, 5.74) is 3.55. The van der Waals surface area contributed by atoms with E-state index in [0.717, 1.165) is 15.0 Å². The van der Waals surface area contributed by atoms with Crippen LogP contribution in [0.5, 0.6) is 5.75 Å². The maximum atomic E-state index is 5.52. The highest BCUT2D eigenvalue weighted by Gasteiger charge is 2.14. The molecule has 2 nitrogen and oxygen atoms in total. The fourth-order valence-electron chi connectivity index (χ4n) is 2.98. The van der Waals surface area contributed by atoms with Gasteiger partial charge < -0.3 is 9.30 Å². The molecule has 0 unspecified atom stereocenters. The lowest BCUT2D eigenvalue weighted by Gasteiger charge is -2.09. The summed E-state index contributed by atoms with van der Waals surface area (Å²) in [5.74, 6) is 0.910. The van der Waals surface area contributed by atoms with E-state index in [-0.39, 0.29) is 0 Å². The van der Waals surface area contributed by atoms with Crippen LogP contribution in [0.3, 0.4) is 0 Å². The van der Waals surface area contributed by atoms with Gasteiger partial charge in [-0.1, -0.05) is 36.4 Å². The molecule has 0 bridgehead atoms. The first-order chi connectivity index (χ1) is 10.8. The number of nitrogens with zero attached hydrogens (tertiary/aromatic N) is 1. The van der Waals surface area contributed by atoms with Crippen molar-refractivity contribution in [1.82, 2.24) is 4.57 Å². The molecule has 22 heavy (non-hydrogen) atoms. The number of aromatic nitrogens is 1. The lowest BCUT2D eigenvalue weighted by Crippen LogP contribution is -1.94. The molecular formula is C19H14INO. The molecule has 3 heteroatoms. The molecule has 0 amide bonds. The molecule has 0 spiro atoms. The summed E-state index contributed by atoms with van der Waals surface area (Å²) < 4.78 is 8.94. The van der Waals surface area contributed by atoms with Crippen LogP contribution in [0.25, 0.3) is 27.5 Å². The monoisotopic (exact) mass is 399 g/mol. The molecule has 4 rings (SSSR count). The van der Waals surface area contributed by atoms with Gasteiger partial charge in [-0.05, 0) is 46.9 Å². The lowest BCUT2D eigenvalue weighted by molar-refractivity contribution is 0.412. The van der Waals surface area contributed by atoms with E-state index < -0.39 is 0 Å². The van der Waals surface area contributed by atoms with E-state index in [1.54, 1.807) is 7.11 Å². The summed E-state index contributed by atoms with van der Waals surface area (Å²) in [6.45, 7) is 0. The Balaban J connectivity index is 2.20. The minimum Gasteiger partial charge on any atom is -0.496 e. The highest BCUT2D eigenvalue weighted by molar-refractivity contribution is 14.1. The van der Waals surface area contributed by atoms with Gasteiger partial charge in [0.05, 0.1) is 21.7 Å². The first-order valence-corrected chi connectivity index (χ1v) is 8.19. The summed E-state index contributed by atoms with van der Waals surface area (Å²) in [7, 11) is 1.72. The third-order valence-corrected chi connectivity index (χ3v) is 4.80. The van der Waals surface area contributed by atoms with Crippen molar-refractivity contribution in [2.75, 3.05) is 7.11 Å². The van der Waals surface area contributed by atoms with Crippen molar-refractivity contribution in [3.05, 3.63) is 70.3 Å². The van der Waals surface area contributed by atoms with Crippen molar-refractivity contribution >= 4 is 44.4 Å². The topological polar surface area (TPSA) is 14.2 Å². The smallest absolute Gasteiger partial charge is 0.134 e. The lowest BCUT2D eigenvalue weighted by atomic mass is 10.1. The Bertz CT molecular complexity index is 973. The number of hydrogen-bond donors (Lipinski definition) is 0. The second kappa shape index (κ2) is 5.32. The Morgan fingerprint density at radius 2 is 1.55 bits per heavy atom. The predicted molar refractivity (Wildman–Crippen MR) is 100 cm³/mol. The number of methoxy groups -OCH3 is 1. The Morgan fingerprint density at radius 1 is 0.818 bits per heavy atom. The molecule has 3 aromatic carbocycles.